The average Bonchev–Trinajstić information content (AvgIpc) is 4.27. The Morgan fingerprint density at radius 1 is 0.324 bits per heavy atom. The molecule has 4 nitrogen and oxygen atoms in total. The third kappa shape index (κ3) is 5.22. The lowest BCUT2D eigenvalue weighted by Crippen LogP contribution is -2.24. The predicted molar refractivity (Wildman–Crippen MR) is 306 cm³/mol. The maximum absolute atomic E-state index is 7.00. The van der Waals surface area contributed by atoms with Crippen molar-refractivity contribution in [3.05, 3.63) is 221 Å². The van der Waals surface area contributed by atoms with Gasteiger partial charge in [0.2, 0.25) is 0 Å². The van der Waals surface area contributed by atoms with Crippen molar-refractivity contribution in [1.29, 1.82) is 0 Å². The van der Waals surface area contributed by atoms with Crippen molar-refractivity contribution < 1.29 is 13.3 Å². The van der Waals surface area contributed by atoms with E-state index in [2.05, 4.69) is 229 Å². The second-order valence-electron chi connectivity index (χ2n) is 22.8. The Labute approximate surface area is 429 Å². The van der Waals surface area contributed by atoms with Crippen molar-refractivity contribution in [3.8, 4) is 44.5 Å². The maximum atomic E-state index is 7.00. The van der Waals surface area contributed by atoms with E-state index in [0.29, 0.717) is 0 Å². The fraction of sp³-hybridized carbons (Fsp3) is 0.143. The molecule has 10 aromatic carbocycles. The summed E-state index contributed by atoms with van der Waals surface area (Å²) in [4.78, 5) is 2.48. The van der Waals surface area contributed by atoms with Crippen LogP contribution < -0.4 is 4.90 Å². The molecule has 0 aliphatic heterocycles. The first-order valence-corrected chi connectivity index (χ1v) is 26.1. The summed E-state index contributed by atoms with van der Waals surface area (Å²) < 4.78 is 20.5. The van der Waals surface area contributed by atoms with Crippen molar-refractivity contribution in [1.82, 2.24) is 0 Å². The van der Waals surface area contributed by atoms with Gasteiger partial charge in [-0.3, -0.25) is 0 Å². The van der Waals surface area contributed by atoms with Gasteiger partial charge in [0.1, 0.15) is 33.5 Å². The van der Waals surface area contributed by atoms with Crippen LogP contribution in [0.4, 0.5) is 17.1 Å². The van der Waals surface area contributed by atoms with Crippen molar-refractivity contribution in [2.24, 2.45) is 0 Å². The van der Waals surface area contributed by atoms with Gasteiger partial charge in [0.15, 0.2) is 0 Å². The summed E-state index contributed by atoms with van der Waals surface area (Å²) in [5.41, 5.74) is 27.0. The molecule has 0 saturated carbocycles. The highest BCUT2D eigenvalue weighted by Crippen LogP contribution is 2.64. The number of aryl methyl sites for hydroxylation is 1. The smallest absolute Gasteiger partial charge is 0.144 e. The van der Waals surface area contributed by atoms with Gasteiger partial charge in [-0.1, -0.05) is 162 Å². The zero-order chi connectivity index (χ0) is 49.7. The van der Waals surface area contributed by atoms with Crippen LogP contribution in [-0.2, 0) is 16.2 Å². The number of hydrogen-bond acceptors (Lipinski definition) is 4. The molecule has 354 valence electrons. The second-order valence-corrected chi connectivity index (χ2v) is 22.8. The van der Waals surface area contributed by atoms with Crippen LogP contribution in [0, 0.1) is 6.92 Å². The number of hydrogen-bond donors (Lipinski definition) is 0. The van der Waals surface area contributed by atoms with Gasteiger partial charge in [0.25, 0.3) is 0 Å². The lowest BCUT2D eigenvalue weighted by molar-refractivity contribution is 0.600. The Kier molecular flexibility index (Phi) is 8.01. The SMILES string of the molecule is Cc1ccc(N(c2ccc3c(c2)C(C)(C)c2cc(-c4cccc5oc6ccccc6c45)c4oc5ccccc5c4c2-3)c2ccc3c(c2)C(C)(C)c2c4c(c5oc6ccccc6c5c2-3)-c2ccccc2C4(C)C)cc1. The van der Waals surface area contributed by atoms with Gasteiger partial charge >= 0.3 is 0 Å². The quantitative estimate of drug-likeness (QED) is 0.176. The van der Waals surface area contributed by atoms with Crippen LogP contribution in [0.1, 0.15) is 80.5 Å². The van der Waals surface area contributed by atoms with Crippen LogP contribution >= 0.6 is 0 Å². The molecule has 0 N–H and O–H groups in total. The van der Waals surface area contributed by atoms with E-state index in [-0.39, 0.29) is 16.2 Å². The molecule has 4 heteroatoms. The van der Waals surface area contributed by atoms with Gasteiger partial charge in [-0.25, -0.2) is 0 Å². The molecule has 13 aromatic rings. The Hall–Kier alpha value is -8.60. The van der Waals surface area contributed by atoms with Crippen molar-refractivity contribution in [3.63, 3.8) is 0 Å². The van der Waals surface area contributed by atoms with Gasteiger partial charge in [-0.15, -0.1) is 0 Å². The zero-order valence-electron chi connectivity index (χ0n) is 42.5. The Morgan fingerprint density at radius 3 is 1.50 bits per heavy atom. The predicted octanol–water partition coefficient (Wildman–Crippen LogP) is 19.7. The molecule has 3 aliphatic carbocycles. The van der Waals surface area contributed by atoms with E-state index in [4.69, 9.17) is 13.3 Å². The molecule has 3 aliphatic rings. The lowest BCUT2D eigenvalue weighted by atomic mass is 9.72. The zero-order valence-corrected chi connectivity index (χ0v) is 42.5. The molecule has 16 rings (SSSR count). The van der Waals surface area contributed by atoms with Crippen LogP contribution in [0.3, 0.4) is 0 Å². The third-order valence-corrected chi connectivity index (χ3v) is 17.7. The molecular weight excluding hydrogens is 903 g/mol. The minimum atomic E-state index is -0.363. The fourth-order valence-corrected chi connectivity index (χ4v) is 14.2. The average molecular weight is 954 g/mol. The van der Waals surface area contributed by atoms with E-state index in [1.165, 1.54) is 83.1 Å². The van der Waals surface area contributed by atoms with E-state index in [0.717, 1.165) is 83.2 Å². The number of nitrogens with zero attached hydrogens (tertiary/aromatic N) is 1. The van der Waals surface area contributed by atoms with Crippen LogP contribution in [-0.4, -0.2) is 0 Å². The maximum Gasteiger partial charge on any atom is 0.144 e. The summed E-state index contributed by atoms with van der Waals surface area (Å²) in [6.07, 6.45) is 0. The first kappa shape index (κ1) is 42.0. The molecule has 0 saturated heterocycles. The number of para-hydroxylation sites is 3. The van der Waals surface area contributed by atoms with Crippen LogP contribution in [0.25, 0.3) is 110 Å². The van der Waals surface area contributed by atoms with Crippen molar-refractivity contribution in [2.75, 3.05) is 4.90 Å². The van der Waals surface area contributed by atoms with Gasteiger partial charge in [0, 0.05) is 76.8 Å². The first-order chi connectivity index (χ1) is 35.9. The molecule has 0 amide bonds. The molecule has 0 fully saturated rings. The number of fused-ring (bicyclic) bond motifs is 22. The number of furan rings is 3. The van der Waals surface area contributed by atoms with Crippen molar-refractivity contribution in [2.45, 2.75) is 64.7 Å². The first-order valence-electron chi connectivity index (χ1n) is 26.1. The third-order valence-electron chi connectivity index (χ3n) is 17.7. The largest absolute Gasteiger partial charge is 0.456 e. The summed E-state index contributed by atoms with van der Waals surface area (Å²) in [5, 5.41) is 6.88. The Morgan fingerprint density at radius 2 is 0.811 bits per heavy atom. The van der Waals surface area contributed by atoms with Crippen molar-refractivity contribution >= 4 is 82.9 Å². The Bertz CT molecular complexity index is 4640. The van der Waals surface area contributed by atoms with Gasteiger partial charge in [-0.2, -0.15) is 0 Å². The van der Waals surface area contributed by atoms with Gasteiger partial charge in [0.05, 0.1) is 0 Å². The minimum Gasteiger partial charge on any atom is -0.456 e. The van der Waals surface area contributed by atoms with Gasteiger partial charge in [-0.05, 0) is 140 Å². The molecular formula is C70H51NO3. The summed E-state index contributed by atoms with van der Waals surface area (Å²) >= 11 is 0. The monoisotopic (exact) mass is 953 g/mol. The molecule has 3 aromatic heterocycles. The molecule has 74 heavy (non-hydrogen) atoms. The van der Waals surface area contributed by atoms with E-state index in [1.54, 1.807) is 0 Å². The summed E-state index contributed by atoms with van der Waals surface area (Å²) in [5.74, 6) is 0. The van der Waals surface area contributed by atoms with E-state index in [9.17, 15) is 0 Å². The highest BCUT2D eigenvalue weighted by Gasteiger charge is 2.49. The van der Waals surface area contributed by atoms with Crippen LogP contribution in [0.15, 0.2) is 195 Å². The minimum absolute atomic E-state index is 0.232. The molecule has 0 atom stereocenters. The summed E-state index contributed by atoms with van der Waals surface area (Å²) in [7, 11) is 0. The number of anilines is 3. The van der Waals surface area contributed by atoms with Crippen LogP contribution in [0.2, 0.25) is 0 Å². The molecule has 0 spiro atoms. The van der Waals surface area contributed by atoms with E-state index in [1.807, 2.05) is 6.07 Å². The van der Waals surface area contributed by atoms with E-state index < -0.39 is 0 Å². The topological polar surface area (TPSA) is 42.7 Å². The molecule has 3 heterocycles. The highest BCUT2D eigenvalue weighted by atomic mass is 16.3. The lowest BCUT2D eigenvalue weighted by Gasteiger charge is -2.32. The van der Waals surface area contributed by atoms with E-state index >= 15 is 0 Å². The standard InChI is InChI=1S/C70H51NO3/c1-38-27-29-39(30-28-38)71(41-32-34-45-52(36-41)70(6,7)64-60(45)62-48-20-11-15-25-56(48)74-67(62)63-43-17-8-12-22-50(43)69(4,5)65(63)64)40-31-33-44-51(35-40)68(2,3)53-37-49(66-61(59(44)53)47-19-10-14-24-55(47)73-66)42-21-16-26-57-58(42)46-18-9-13-23-54(46)72-57/h8-37H,1-7H3. The van der Waals surface area contributed by atoms with Crippen LogP contribution in [0.5, 0.6) is 0 Å². The molecule has 0 bridgehead atoms. The van der Waals surface area contributed by atoms with Gasteiger partial charge < -0.3 is 18.2 Å². The Balaban J connectivity index is 0.907. The normalized spacial score (nSPS) is 15.3. The summed E-state index contributed by atoms with van der Waals surface area (Å²) in [6, 6.07) is 66.8. The summed E-state index contributed by atoms with van der Waals surface area (Å²) in [6.45, 7) is 16.7. The highest BCUT2D eigenvalue weighted by molar-refractivity contribution is 6.23. The molecule has 0 radical (unpaired) electrons. The fourth-order valence-electron chi connectivity index (χ4n) is 14.2. The number of benzene rings is 10. The molecule has 0 unspecified atom stereocenters. The second kappa shape index (κ2) is 14.1. The number of rotatable bonds is 4.